The Labute approximate surface area is 59.7 Å². The first-order valence-corrected chi connectivity index (χ1v) is 3.20. The van der Waals surface area contributed by atoms with E-state index in [9.17, 15) is 4.79 Å². The molecule has 0 bridgehead atoms. The van der Waals surface area contributed by atoms with Gasteiger partial charge in [-0.2, -0.15) is 0 Å². The zero-order chi connectivity index (χ0) is 7.40. The maximum Gasteiger partial charge on any atom is 0.211 e. The molecular formula is C6H11NO3. The summed E-state index contributed by atoms with van der Waals surface area (Å²) in [5, 5.41) is 0. The van der Waals surface area contributed by atoms with E-state index >= 15 is 0 Å². The number of carbonyl (C=O) groups is 1. The number of morpholine rings is 1. The number of ether oxygens (including phenoxy) is 2. The fourth-order valence-corrected chi connectivity index (χ4v) is 0.918. The molecule has 1 atom stereocenters. The van der Waals surface area contributed by atoms with Gasteiger partial charge in [0, 0.05) is 13.7 Å². The normalized spacial score (nSPS) is 26.5. The molecule has 1 rings (SSSR count). The summed E-state index contributed by atoms with van der Waals surface area (Å²) in [6.07, 6.45) is 0.600. The van der Waals surface area contributed by atoms with E-state index in [-0.39, 0.29) is 6.23 Å². The van der Waals surface area contributed by atoms with Crippen LogP contribution in [0.4, 0.5) is 0 Å². The van der Waals surface area contributed by atoms with Crippen molar-refractivity contribution < 1.29 is 14.3 Å². The lowest BCUT2D eigenvalue weighted by Crippen LogP contribution is -2.45. The van der Waals surface area contributed by atoms with Crippen molar-refractivity contribution in [1.82, 2.24) is 4.90 Å². The maximum absolute atomic E-state index is 10.3. The van der Waals surface area contributed by atoms with Crippen LogP contribution in [0, 0.1) is 0 Å². The van der Waals surface area contributed by atoms with Crippen molar-refractivity contribution in [2.24, 2.45) is 0 Å². The van der Waals surface area contributed by atoms with Crippen LogP contribution in [0.15, 0.2) is 0 Å². The van der Waals surface area contributed by atoms with Gasteiger partial charge in [-0.15, -0.1) is 0 Å². The van der Waals surface area contributed by atoms with E-state index in [0.29, 0.717) is 19.8 Å². The Morgan fingerprint density at radius 2 is 2.60 bits per heavy atom. The number of amides is 1. The predicted molar refractivity (Wildman–Crippen MR) is 34.4 cm³/mol. The van der Waals surface area contributed by atoms with Crippen LogP contribution in [-0.2, 0) is 14.3 Å². The molecule has 1 unspecified atom stereocenters. The standard InChI is InChI=1S/C6H11NO3/c1-9-6-4-10-3-2-7(6)5-8/h5-6H,2-4H2,1H3. The highest BCUT2D eigenvalue weighted by atomic mass is 16.5. The van der Waals surface area contributed by atoms with Crippen molar-refractivity contribution in [2.45, 2.75) is 6.23 Å². The molecule has 0 saturated carbocycles. The molecule has 4 nitrogen and oxygen atoms in total. The Balaban J connectivity index is 2.41. The summed E-state index contributed by atoms with van der Waals surface area (Å²) in [5.41, 5.74) is 0. The van der Waals surface area contributed by atoms with E-state index in [1.807, 2.05) is 0 Å². The van der Waals surface area contributed by atoms with Crippen molar-refractivity contribution in [3.05, 3.63) is 0 Å². The molecule has 0 spiro atoms. The van der Waals surface area contributed by atoms with Crippen LogP contribution in [0.25, 0.3) is 0 Å². The van der Waals surface area contributed by atoms with Gasteiger partial charge in [-0.05, 0) is 0 Å². The van der Waals surface area contributed by atoms with Crippen LogP contribution in [0.1, 0.15) is 0 Å². The Hall–Kier alpha value is -0.610. The molecule has 0 N–H and O–H groups in total. The molecule has 1 fully saturated rings. The Bertz CT molecular complexity index is 118. The highest BCUT2D eigenvalue weighted by Crippen LogP contribution is 2.03. The third kappa shape index (κ3) is 1.46. The Kier molecular flexibility index (Phi) is 2.65. The van der Waals surface area contributed by atoms with Gasteiger partial charge in [-0.1, -0.05) is 0 Å². The summed E-state index contributed by atoms with van der Waals surface area (Å²) in [6.45, 7) is 1.72. The van der Waals surface area contributed by atoms with E-state index in [1.165, 1.54) is 0 Å². The number of hydrogen-bond donors (Lipinski definition) is 0. The third-order valence-corrected chi connectivity index (χ3v) is 1.53. The monoisotopic (exact) mass is 145 g/mol. The summed E-state index contributed by atoms with van der Waals surface area (Å²) < 4.78 is 10.0. The lowest BCUT2D eigenvalue weighted by molar-refractivity contribution is -0.150. The van der Waals surface area contributed by atoms with Crippen molar-refractivity contribution in [3.63, 3.8) is 0 Å². The molecule has 1 saturated heterocycles. The molecule has 0 radical (unpaired) electrons. The highest BCUT2D eigenvalue weighted by Gasteiger charge is 2.19. The largest absolute Gasteiger partial charge is 0.375 e. The molecule has 10 heavy (non-hydrogen) atoms. The smallest absolute Gasteiger partial charge is 0.211 e. The lowest BCUT2D eigenvalue weighted by Gasteiger charge is -2.30. The summed E-state index contributed by atoms with van der Waals surface area (Å²) in [5.74, 6) is 0. The molecule has 4 heteroatoms. The zero-order valence-electron chi connectivity index (χ0n) is 5.95. The minimum Gasteiger partial charge on any atom is -0.375 e. The summed E-state index contributed by atoms with van der Waals surface area (Å²) in [4.78, 5) is 11.9. The maximum atomic E-state index is 10.3. The first kappa shape index (κ1) is 7.50. The molecule has 1 amide bonds. The molecule has 0 aliphatic carbocycles. The average molecular weight is 145 g/mol. The fourth-order valence-electron chi connectivity index (χ4n) is 0.918. The van der Waals surface area contributed by atoms with Crippen molar-refractivity contribution in [3.8, 4) is 0 Å². The second-order valence-electron chi connectivity index (χ2n) is 2.11. The molecule has 0 aromatic rings. The van der Waals surface area contributed by atoms with Gasteiger partial charge in [0.15, 0.2) is 6.23 Å². The van der Waals surface area contributed by atoms with Crippen molar-refractivity contribution in [1.29, 1.82) is 0 Å². The van der Waals surface area contributed by atoms with Crippen LogP contribution in [0.2, 0.25) is 0 Å². The van der Waals surface area contributed by atoms with Crippen LogP contribution in [0.3, 0.4) is 0 Å². The summed E-state index contributed by atoms with van der Waals surface area (Å²) in [7, 11) is 1.57. The molecule has 0 aromatic heterocycles. The van der Waals surface area contributed by atoms with Gasteiger partial charge in [-0.3, -0.25) is 4.79 Å². The molecule has 58 valence electrons. The van der Waals surface area contributed by atoms with E-state index in [2.05, 4.69) is 0 Å². The van der Waals surface area contributed by atoms with Gasteiger partial charge in [0.05, 0.1) is 13.2 Å². The second kappa shape index (κ2) is 3.53. The van der Waals surface area contributed by atoms with Gasteiger partial charge in [-0.25, -0.2) is 0 Å². The number of rotatable bonds is 2. The van der Waals surface area contributed by atoms with Gasteiger partial charge >= 0.3 is 0 Å². The summed E-state index contributed by atoms with van der Waals surface area (Å²) in [6, 6.07) is 0. The van der Waals surface area contributed by atoms with Crippen molar-refractivity contribution in [2.75, 3.05) is 26.9 Å². The average Bonchev–Trinajstić information content (AvgIpc) is 2.04. The predicted octanol–water partition coefficient (Wildman–Crippen LogP) is -0.552. The minimum atomic E-state index is -0.189. The Morgan fingerprint density at radius 3 is 3.10 bits per heavy atom. The first-order chi connectivity index (χ1) is 4.88. The molecule has 1 heterocycles. The number of nitrogens with zero attached hydrogens (tertiary/aromatic N) is 1. The van der Waals surface area contributed by atoms with Crippen LogP contribution in [0.5, 0.6) is 0 Å². The minimum absolute atomic E-state index is 0.189. The number of carbonyl (C=O) groups excluding carboxylic acids is 1. The van der Waals surface area contributed by atoms with Crippen LogP contribution in [-0.4, -0.2) is 44.4 Å². The van der Waals surface area contributed by atoms with Gasteiger partial charge in [0.25, 0.3) is 0 Å². The van der Waals surface area contributed by atoms with Gasteiger partial charge < -0.3 is 14.4 Å². The second-order valence-corrected chi connectivity index (χ2v) is 2.11. The van der Waals surface area contributed by atoms with Crippen molar-refractivity contribution >= 4 is 6.41 Å². The van der Waals surface area contributed by atoms with E-state index in [1.54, 1.807) is 12.0 Å². The fraction of sp³-hybridized carbons (Fsp3) is 0.833. The van der Waals surface area contributed by atoms with Gasteiger partial charge in [0.1, 0.15) is 0 Å². The lowest BCUT2D eigenvalue weighted by atomic mass is 10.4. The Morgan fingerprint density at radius 1 is 1.80 bits per heavy atom. The first-order valence-electron chi connectivity index (χ1n) is 3.20. The van der Waals surface area contributed by atoms with Crippen LogP contribution < -0.4 is 0 Å². The number of methoxy groups -OCH3 is 1. The number of hydrogen-bond acceptors (Lipinski definition) is 3. The zero-order valence-corrected chi connectivity index (χ0v) is 5.95. The molecular weight excluding hydrogens is 134 g/mol. The van der Waals surface area contributed by atoms with Crippen LogP contribution >= 0.6 is 0 Å². The molecule has 1 aliphatic rings. The summed E-state index contributed by atoms with van der Waals surface area (Å²) >= 11 is 0. The SMILES string of the molecule is COC1COCCN1C=O. The van der Waals surface area contributed by atoms with E-state index in [0.717, 1.165) is 6.41 Å². The van der Waals surface area contributed by atoms with Gasteiger partial charge in [0.2, 0.25) is 6.41 Å². The third-order valence-electron chi connectivity index (χ3n) is 1.53. The van der Waals surface area contributed by atoms with E-state index in [4.69, 9.17) is 9.47 Å². The molecule has 1 aliphatic heterocycles. The van der Waals surface area contributed by atoms with E-state index < -0.39 is 0 Å². The topological polar surface area (TPSA) is 38.8 Å². The molecule has 0 aromatic carbocycles. The highest BCUT2D eigenvalue weighted by molar-refractivity contribution is 5.47. The quantitative estimate of drug-likeness (QED) is 0.489.